The van der Waals surface area contributed by atoms with Crippen LogP contribution in [-0.4, -0.2) is 22.4 Å². The van der Waals surface area contributed by atoms with Gasteiger partial charge in [-0.25, -0.2) is 0 Å². The van der Waals surface area contributed by atoms with Crippen LogP contribution in [0.1, 0.15) is 127 Å². The van der Waals surface area contributed by atoms with E-state index in [4.69, 9.17) is 0 Å². The number of fused-ring (bicyclic) bond motifs is 2. The van der Waals surface area contributed by atoms with E-state index in [9.17, 15) is 10.2 Å². The maximum Gasteiger partial charge on any atom is 0.0809 e. The molecule has 0 radical (unpaired) electrons. The fraction of sp³-hybridized carbons (Fsp3) is 0.935. The van der Waals surface area contributed by atoms with Crippen molar-refractivity contribution in [2.24, 2.45) is 45.8 Å². The zero-order chi connectivity index (χ0) is 24.8. The SMILES string of the molecule is CC(C)CCC[C@@H](C)[C@@H](CC(C)C)[C@@]1(C)CCC2=C(CC[C@H]3C(C)(C)[C@@H](O)CC[C@]23C)C1O. The third-order valence-corrected chi connectivity index (χ3v) is 10.8. The van der Waals surface area contributed by atoms with Gasteiger partial charge in [-0.3, -0.25) is 0 Å². The number of aliphatic hydroxyl groups excluding tert-OH is 2. The van der Waals surface area contributed by atoms with Gasteiger partial charge in [0.25, 0.3) is 0 Å². The first-order chi connectivity index (χ1) is 15.2. The van der Waals surface area contributed by atoms with Gasteiger partial charge in [-0.05, 0) is 90.9 Å². The van der Waals surface area contributed by atoms with Crippen molar-refractivity contribution in [2.45, 2.75) is 139 Å². The van der Waals surface area contributed by atoms with Gasteiger partial charge in [-0.2, -0.15) is 0 Å². The van der Waals surface area contributed by atoms with Crippen molar-refractivity contribution >= 4 is 0 Å². The van der Waals surface area contributed by atoms with Gasteiger partial charge in [0.1, 0.15) is 0 Å². The molecule has 3 rings (SSSR count). The Balaban J connectivity index is 1.90. The predicted molar refractivity (Wildman–Crippen MR) is 141 cm³/mol. The van der Waals surface area contributed by atoms with E-state index in [1.165, 1.54) is 31.3 Å². The molecule has 0 saturated heterocycles. The van der Waals surface area contributed by atoms with Gasteiger partial charge in [-0.1, -0.05) is 87.1 Å². The number of aliphatic hydroxyl groups is 2. The summed E-state index contributed by atoms with van der Waals surface area (Å²) in [7, 11) is 0. The molecule has 3 aliphatic rings. The normalized spacial score (nSPS) is 38.3. The average Bonchev–Trinajstić information content (AvgIpc) is 2.71. The van der Waals surface area contributed by atoms with Crippen molar-refractivity contribution in [3.05, 3.63) is 11.1 Å². The lowest BCUT2D eigenvalue weighted by Gasteiger charge is -2.60. The van der Waals surface area contributed by atoms with Gasteiger partial charge in [0.15, 0.2) is 0 Å². The van der Waals surface area contributed by atoms with Crippen molar-refractivity contribution in [3.8, 4) is 0 Å². The number of hydrogen-bond donors (Lipinski definition) is 2. The minimum absolute atomic E-state index is 0.0206. The van der Waals surface area contributed by atoms with Gasteiger partial charge < -0.3 is 10.2 Å². The number of allylic oxidation sites excluding steroid dienone is 1. The second-order valence-electron chi connectivity index (χ2n) is 14.3. The van der Waals surface area contributed by atoms with Crippen molar-refractivity contribution in [3.63, 3.8) is 0 Å². The van der Waals surface area contributed by atoms with E-state index in [0.29, 0.717) is 23.7 Å². The van der Waals surface area contributed by atoms with Gasteiger partial charge in [0.2, 0.25) is 0 Å². The number of hydrogen-bond acceptors (Lipinski definition) is 2. The van der Waals surface area contributed by atoms with E-state index in [2.05, 4.69) is 62.3 Å². The molecule has 0 aromatic heterocycles. The maximum atomic E-state index is 12.0. The lowest BCUT2D eigenvalue weighted by Crippen LogP contribution is -2.55. The molecule has 2 N–H and O–H groups in total. The summed E-state index contributed by atoms with van der Waals surface area (Å²) in [5, 5.41) is 22.8. The Kier molecular flexibility index (Phi) is 8.23. The molecule has 0 heterocycles. The molecular weight excluding hydrogens is 404 g/mol. The molecule has 7 atom stereocenters. The van der Waals surface area contributed by atoms with E-state index in [-0.39, 0.29) is 28.5 Å². The van der Waals surface area contributed by atoms with Gasteiger partial charge in [0, 0.05) is 5.41 Å². The van der Waals surface area contributed by atoms with Gasteiger partial charge in [0.05, 0.1) is 12.2 Å². The molecule has 0 amide bonds. The van der Waals surface area contributed by atoms with Gasteiger partial charge >= 0.3 is 0 Å². The Bertz CT molecular complexity index is 704. The Morgan fingerprint density at radius 2 is 1.52 bits per heavy atom. The summed E-state index contributed by atoms with van der Waals surface area (Å²) in [4.78, 5) is 0. The zero-order valence-electron chi connectivity index (χ0n) is 23.5. The van der Waals surface area contributed by atoms with E-state index in [1.54, 1.807) is 5.57 Å². The molecule has 3 aliphatic carbocycles. The summed E-state index contributed by atoms with van der Waals surface area (Å²) in [5.74, 6) is 3.19. The van der Waals surface area contributed by atoms with E-state index in [1.807, 2.05) is 0 Å². The summed E-state index contributed by atoms with van der Waals surface area (Å²) >= 11 is 0. The molecular formula is C31H56O2. The first-order valence-electron chi connectivity index (χ1n) is 14.3. The van der Waals surface area contributed by atoms with E-state index >= 15 is 0 Å². The Labute approximate surface area is 206 Å². The standard InChI is InChI=1S/C31H56O2/c1-20(2)11-10-12-22(5)25(19-21(3)4)31(9)17-15-24-23(28(31)33)13-14-26-29(6,7)27(32)16-18-30(24,26)8/h20-22,25-28,32-33H,10-19H2,1-9H3/t22-,25-,26+,27+,28?,30-,31-/m1/s1. The van der Waals surface area contributed by atoms with Crippen molar-refractivity contribution in [1.82, 2.24) is 0 Å². The Hall–Kier alpha value is -0.340. The van der Waals surface area contributed by atoms with E-state index < -0.39 is 0 Å². The van der Waals surface area contributed by atoms with Crippen LogP contribution in [0.15, 0.2) is 11.1 Å². The van der Waals surface area contributed by atoms with Crippen LogP contribution >= 0.6 is 0 Å². The molecule has 1 saturated carbocycles. The Morgan fingerprint density at radius 3 is 2.12 bits per heavy atom. The van der Waals surface area contributed by atoms with Crippen LogP contribution in [-0.2, 0) is 0 Å². The molecule has 1 unspecified atom stereocenters. The minimum Gasteiger partial charge on any atom is -0.393 e. The van der Waals surface area contributed by atoms with Crippen molar-refractivity contribution in [2.75, 3.05) is 0 Å². The van der Waals surface area contributed by atoms with Crippen LogP contribution in [0, 0.1) is 45.8 Å². The second-order valence-corrected chi connectivity index (χ2v) is 14.3. The molecule has 2 nitrogen and oxygen atoms in total. The average molecular weight is 461 g/mol. The highest BCUT2D eigenvalue weighted by Gasteiger charge is 2.57. The summed E-state index contributed by atoms with van der Waals surface area (Å²) in [5.41, 5.74) is 3.07. The monoisotopic (exact) mass is 460 g/mol. The molecule has 1 fully saturated rings. The van der Waals surface area contributed by atoms with Crippen LogP contribution < -0.4 is 0 Å². The summed E-state index contributed by atoms with van der Waals surface area (Å²) < 4.78 is 0. The molecule has 2 heteroatoms. The Morgan fingerprint density at radius 1 is 0.848 bits per heavy atom. The predicted octanol–water partition coefficient (Wildman–Crippen LogP) is 8.17. The topological polar surface area (TPSA) is 40.5 Å². The number of rotatable bonds is 8. The van der Waals surface area contributed by atoms with E-state index in [0.717, 1.165) is 44.4 Å². The fourth-order valence-corrected chi connectivity index (χ4v) is 8.68. The van der Waals surface area contributed by atoms with Gasteiger partial charge in [-0.15, -0.1) is 0 Å². The molecule has 0 aromatic carbocycles. The highest BCUT2D eigenvalue weighted by Crippen LogP contribution is 2.64. The third-order valence-electron chi connectivity index (χ3n) is 10.8. The molecule has 0 spiro atoms. The molecule has 33 heavy (non-hydrogen) atoms. The highest BCUT2D eigenvalue weighted by molar-refractivity contribution is 5.35. The molecule has 0 bridgehead atoms. The fourth-order valence-electron chi connectivity index (χ4n) is 8.68. The largest absolute Gasteiger partial charge is 0.393 e. The summed E-state index contributed by atoms with van der Waals surface area (Å²) in [6, 6.07) is 0. The van der Waals surface area contributed by atoms with Crippen molar-refractivity contribution < 1.29 is 10.2 Å². The second kappa shape index (κ2) is 9.96. The van der Waals surface area contributed by atoms with Crippen LogP contribution in [0.25, 0.3) is 0 Å². The lowest BCUT2D eigenvalue weighted by molar-refractivity contribution is -0.100. The first kappa shape index (κ1) is 27.3. The smallest absolute Gasteiger partial charge is 0.0809 e. The maximum absolute atomic E-state index is 12.0. The molecule has 0 aromatic rings. The lowest BCUT2D eigenvalue weighted by atomic mass is 9.46. The summed E-state index contributed by atoms with van der Waals surface area (Å²) in [6.45, 7) is 21.3. The molecule has 192 valence electrons. The highest BCUT2D eigenvalue weighted by atomic mass is 16.3. The molecule has 0 aliphatic heterocycles. The van der Waals surface area contributed by atoms with Crippen LogP contribution in [0.5, 0.6) is 0 Å². The van der Waals surface area contributed by atoms with Crippen molar-refractivity contribution in [1.29, 1.82) is 0 Å². The van der Waals surface area contributed by atoms with Crippen LogP contribution in [0.4, 0.5) is 0 Å². The zero-order valence-corrected chi connectivity index (χ0v) is 23.5. The summed E-state index contributed by atoms with van der Waals surface area (Å²) in [6.07, 6.45) is 11.0. The van der Waals surface area contributed by atoms with Crippen LogP contribution in [0.3, 0.4) is 0 Å². The third kappa shape index (κ3) is 5.00. The quantitative estimate of drug-likeness (QED) is 0.359. The van der Waals surface area contributed by atoms with Crippen LogP contribution in [0.2, 0.25) is 0 Å². The minimum atomic E-state index is -0.301. The first-order valence-corrected chi connectivity index (χ1v) is 14.3.